The summed E-state index contributed by atoms with van der Waals surface area (Å²) in [6.45, 7) is -0.755. The van der Waals surface area contributed by atoms with Crippen LogP contribution >= 0.6 is 11.6 Å². The van der Waals surface area contributed by atoms with Gasteiger partial charge in [-0.3, -0.25) is 4.79 Å². The molecule has 2 aromatic rings. The van der Waals surface area contributed by atoms with Crippen LogP contribution in [0.25, 0.3) is 33.3 Å². The monoisotopic (exact) mass is 473 g/mol. The van der Waals surface area contributed by atoms with Crippen molar-refractivity contribution in [2.45, 2.75) is 30.5 Å². The summed E-state index contributed by atoms with van der Waals surface area (Å²) in [5.41, 5.74) is 1.13. The number of fused-ring (bicyclic) bond motifs is 4. The van der Waals surface area contributed by atoms with E-state index >= 15 is 0 Å². The molecule has 0 amide bonds. The summed E-state index contributed by atoms with van der Waals surface area (Å²) in [5.74, 6) is 0.516. The molecule has 2 aromatic carbocycles. The highest BCUT2D eigenvalue weighted by Gasteiger charge is 2.43. The molecule has 10 heteroatoms. The average molecular weight is 474 g/mol. The molecule has 5 atom stereocenters. The fourth-order valence-corrected chi connectivity index (χ4v) is 4.24. The molecule has 0 aromatic heterocycles. The summed E-state index contributed by atoms with van der Waals surface area (Å²) in [6, 6.07) is 11.6. The number of aromatic nitrogens is 1. The van der Waals surface area contributed by atoms with Crippen LogP contribution in [-0.2, 0) is 4.74 Å². The Bertz CT molecular complexity index is 1360. The largest absolute Gasteiger partial charge is 0.489 e. The average Bonchev–Trinajstić information content (AvgIpc) is 2.82. The van der Waals surface area contributed by atoms with Crippen LogP contribution in [0.5, 0.6) is 5.75 Å². The van der Waals surface area contributed by atoms with E-state index in [9.17, 15) is 25.2 Å². The maximum atomic E-state index is 12.4. The summed E-state index contributed by atoms with van der Waals surface area (Å²) in [7, 11) is 0. The molecule has 1 saturated heterocycles. The van der Waals surface area contributed by atoms with Crippen molar-refractivity contribution in [3.63, 3.8) is 0 Å². The van der Waals surface area contributed by atoms with E-state index in [0.29, 0.717) is 33.3 Å². The first-order chi connectivity index (χ1) is 15.9. The molecule has 2 unspecified atom stereocenters. The van der Waals surface area contributed by atoms with Crippen LogP contribution in [0.2, 0.25) is 5.02 Å². The zero-order chi connectivity index (χ0) is 23.3. The highest BCUT2D eigenvalue weighted by atomic mass is 35.5. The van der Waals surface area contributed by atoms with E-state index in [1.54, 1.807) is 24.3 Å². The van der Waals surface area contributed by atoms with Crippen LogP contribution in [-0.4, -0.2) is 69.1 Å². The second kappa shape index (κ2) is 8.53. The molecule has 33 heavy (non-hydrogen) atoms. The molecule has 9 nitrogen and oxygen atoms in total. The second-order valence-corrected chi connectivity index (χ2v) is 8.32. The Morgan fingerprint density at radius 1 is 1.00 bits per heavy atom. The van der Waals surface area contributed by atoms with Crippen molar-refractivity contribution in [3.05, 3.63) is 57.7 Å². The second-order valence-electron chi connectivity index (χ2n) is 7.91. The van der Waals surface area contributed by atoms with Gasteiger partial charge in [-0.25, -0.2) is 4.98 Å². The van der Waals surface area contributed by atoms with E-state index in [0.717, 1.165) is 0 Å². The van der Waals surface area contributed by atoms with Gasteiger partial charge in [0.25, 0.3) is 0 Å². The summed E-state index contributed by atoms with van der Waals surface area (Å²) in [5, 5.41) is 40.8. The number of ether oxygens (including phenoxy) is 2. The molecule has 2 aliphatic heterocycles. The summed E-state index contributed by atoms with van der Waals surface area (Å²) >= 11 is 6.37. The standard InChI is InChI=1S/C23H20ClNO8/c24-12-5-13-16(32-17-6-14(27)10-3-1-2-4-11(10)20(17)25-13)7-15(12)31-9-19-22(29)23(30)21(28)18(8-26)33-19/h1-7,18-19,21-23,26,28-30H,8-9H2/t18?,19-,21+,22?,23+/m0/s1. The van der Waals surface area contributed by atoms with Crippen LogP contribution < -0.4 is 10.2 Å². The minimum absolute atomic E-state index is 0.184. The van der Waals surface area contributed by atoms with Gasteiger partial charge in [0.1, 0.15) is 54.1 Å². The van der Waals surface area contributed by atoms with Crippen molar-refractivity contribution >= 4 is 33.5 Å². The predicted molar refractivity (Wildman–Crippen MR) is 119 cm³/mol. The molecule has 5 rings (SSSR count). The number of nitrogens with zero attached hydrogens (tertiary/aromatic N) is 1. The predicted octanol–water partition coefficient (Wildman–Crippen LogP) is 1.32. The molecule has 1 fully saturated rings. The van der Waals surface area contributed by atoms with Gasteiger partial charge in [-0.2, -0.15) is 0 Å². The first kappa shape index (κ1) is 22.0. The minimum atomic E-state index is -1.50. The number of rotatable bonds is 4. The number of aliphatic hydroxyl groups is 4. The lowest BCUT2D eigenvalue weighted by atomic mass is 9.95. The van der Waals surface area contributed by atoms with Crippen LogP contribution in [0.4, 0.5) is 0 Å². The van der Waals surface area contributed by atoms with Gasteiger partial charge in [-0.15, -0.1) is 0 Å². The van der Waals surface area contributed by atoms with E-state index < -0.39 is 37.1 Å². The van der Waals surface area contributed by atoms with E-state index in [2.05, 4.69) is 4.98 Å². The number of benzene rings is 3. The molecule has 0 radical (unpaired) electrons. The van der Waals surface area contributed by atoms with Crippen molar-refractivity contribution in [1.82, 2.24) is 4.98 Å². The van der Waals surface area contributed by atoms with Gasteiger partial charge in [-0.1, -0.05) is 35.9 Å². The number of aliphatic hydroxyl groups excluding tert-OH is 4. The quantitative estimate of drug-likeness (QED) is 0.255. The molecule has 2 heterocycles. The normalized spacial score (nSPS) is 25.7. The van der Waals surface area contributed by atoms with E-state index in [1.807, 2.05) is 6.07 Å². The number of hydrogen-bond donors (Lipinski definition) is 4. The zero-order valence-electron chi connectivity index (χ0n) is 17.1. The smallest absolute Gasteiger partial charge is 0.190 e. The molecule has 0 saturated carbocycles. The van der Waals surface area contributed by atoms with Crippen LogP contribution in [0.1, 0.15) is 0 Å². The lowest BCUT2D eigenvalue weighted by Gasteiger charge is -2.39. The van der Waals surface area contributed by atoms with Gasteiger partial charge in [0.15, 0.2) is 16.8 Å². The van der Waals surface area contributed by atoms with E-state index in [-0.39, 0.29) is 22.8 Å². The SMILES string of the molecule is O=c1cc2oc3cc(OC[C@@H]4OC(CO)[C@@H](O)[C@@H](O)C4O)c(Cl)cc3nc-2c2ccccc12. The molecule has 0 spiro atoms. The van der Waals surface area contributed by atoms with Gasteiger partial charge in [0.2, 0.25) is 0 Å². The molecule has 3 aliphatic rings. The van der Waals surface area contributed by atoms with Crippen molar-refractivity contribution in [1.29, 1.82) is 0 Å². The van der Waals surface area contributed by atoms with Crippen LogP contribution in [0.15, 0.2) is 51.7 Å². The first-order valence-electron chi connectivity index (χ1n) is 10.3. The van der Waals surface area contributed by atoms with Gasteiger partial charge in [-0.05, 0) is 6.07 Å². The highest BCUT2D eigenvalue weighted by Crippen LogP contribution is 2.35. The first-order valence-corrected chi connectivity index (χ1v) is 10.6. The van der Waals surface area contributed by atoms with E-state index in [1.165, 1.54) is 12.1 Å². The maximum absolute atomic E-state index is 12.4. The van der Waals surface area contributed by atoms with E-state index in [4.69, 9.17) is 25.5 Å². The Kier molecular flexibility index (Phi) is 5.69. The van der Waals surface area contributed by atoms with Crippen molar-refractivity contribution < 1.29 is 34.3 Å². The Balaban J connectivity index is 1.48. The molecule has 4 N–H and O–H groups in total. The Hall–Kier alpha value is -2.79. The van der Waals surface area contributed by atoms with Gasteiger partial charge < -0.3 is 34.3 Å². The van der Waals surface area contributed by atoms with Crippen molar-refractivity contribution in [2.75, 3.05) is 13.2 Å². The summed E-state index contributed by atoms with van der Waals surface area (Å²) in [6.07, 6.45) is -6.44. The third-order valence-corrected chi connectivity index (χ3v) is 6.10. The lowest BCUT2D eigenvalue weighted by molar-refractivity contribution is -0.234. The molecular formula is C23H20ClNO8. The fraction of sp³-hybridized carbons (Fsp3) is 0.304. The van der Waals surface area contributed by atoms with Gasteiger partial charge >= 0.3 is 0 Å². The minimum Gasteiger partial charge on any atom is -0.489 e. The molecular weight excluding hydrogens is 454 g/mol. The van der Waals surface area contributed by atoms with Gasteiger partial charge in [0, 0.05) is 22.9 Å². The molecule has 0 bridgehead atoms. The molecule has 1 aliphatic carbocycles. The Labute approximate surface area is 191 Å². The summed E-state index contributed by atoms with van der Waals surface area (Å²) < 4.78 is 17.1. The van der Waals surface area contributed by atoms with Crippen LogP contribution in [0.3, 0.4) is 0 Å². The molecule has 172 valence electrons. The Morgan fingerprint density at radius 2 is 1.73 bits per heavy atom. The van der Waals surface area contributed by atoms with Crippen molar-refractivity contribution in [3.8, 4) is 17.2 Å². The van der Waals surface area contributed by atoms with Gasteiger partial charge in [0.05, 0.1) is 11.6 Å². The summed E-state index contributed by atoms with van der Waals surface area (Å²) in [4.78, 5) is 17.1. The highest BCUT2D eigenvalue weighted by molar-refractivity contribution is 6.32. The third-order valence-electron chi connectivity index (χ3n) is 5.80. The van der Waals surface area contributed by atoms with Crippen molar-refractivity contribution in [2.24, 2.45) is 0 Å². The number of hydrogen-bond acceptors (Lipinski definition) is 9. The zero-order valence-corrected chi connectivity index (χ0v) is 17.8. The topological polar surface area (TPSA) is 142 Å². The maximum Gasteiger partial charge on any atom is 0.190 e. The Morgan fingerprint density at radius 3 is 2.48 bits per heavy atom. The van der Waals surface area contributed by atoms with Crippen LogP contribution in [0, 0.1) is 0 Å². The fourth-order valence-electron chi connectivity index (χ4n) is 4.03. The third kappa shape index (κ3) is 3.82. The number of halogens is 1. The lowest BCUT2D eigenvalue weighted by Crippen LogP contribution is -2.59.